The number of benzene rings is 1. The number of aliphatic imine (C=N–C) groups is 1. The van der Waals surface area contributed by atoms with Crippen LogP contribution in [0, 0.1) is 0 Å². The second kappa shape index (κ2) is 10.0. The standard InChI is InChI=1S/C20H23N5OS2/c1-14(26)23-12-16-9-10-18(28-16)17-13-27-20(24-17)25-19(21)22-11-5-8-15-6-3-2-4-7-15/h2-4,6-7,9-10,13H,5,8,11-12H2,1H3,(H,23,26)(H3,21,22,24,25). The van der Waals surface area contributed by atoms with Crippen LogP contribution in [0.15, 0.2) is 52.8 Å². The van der Waals surface area contributed by atoms with Crippen molar-refractivity contribution in [3.63, 3.8) is 0 Å². The molecule has 6 nitrogen and oxygen atoms in total. The first kappa shape index (κ1) is 20.0. The van der Waals surface area contributed by atoms with Gasteiger partial charge >= 0.3 is 0 Å². The minimum absolute atomic E-state index is 0.0337. The van der Waals surface area contributed by atoms with E-state index in [1.807, 2.05) is 35.7 Å². The summed E-state index contributed by atoms with van der Waals surface area (Å²) in [4.78, 5) is 22.1. The van der Waals surface area contributed by atoms with Crippen LogP contribution in [0.5, 0.6) is 0 Å². The van der Waals surface area contributed by atoms with Gasteiger partial charge in [-0.15, -0.1) is 22.7 Å². The molecule has 2 aromatic heterocycles. The van der Waals surface area contributed by atoms with Crippen LogP contribution in [0.2, 0.25) is 0 Å². The molecule has 0 saturated carbocycles. The molecule has 146 valence electrons. The topological polar surface area (TPSA) is 92.4 Å². The lowest BCUT2D eigenvalue weighted by atomic mass is 10.1. The molecule has 0 unspecified atom stereocenters. The first-order valence-electron chi connectivity index (χ1n) is 9.00. The molecule has 3 aromatic rings. The number of nitrogens with two attached hydrogens (primary N) is 1. The highest BCUT2D eigenvalue weighted by molar-refractivity contribution is 7.17. The number of hydrogen-bond donors (Lipinski definition) is 3. The van der Waals surface area contributed by atoms with Gasteiger partial charge in [0.1, 0.15) is 0 Å². The van der Waals surface area contributed by atoms with Gasteiger partial charge in [0.15, 0.2) is 11.1 Å². The number of carbonyl (C=O) groups is 1. The Morgan fingerprint density at radius 3 is 2.82 bits per heavy atom. The van der Waals surface area contributed by atoms with E-state index in [2.05, 4.69) is 32.7 Å². The third kappa shape index (κ3) is 6.17. The minimum atomic E-state index is -0.0337. The molecule has 3 rings (SSSR count). The van der Waals surface area contributed by atoms with Crippen LogP contribution in [0.3, 0.4) is 0 Å². The summed E-state index contributed by atoms with van der Waals surface area (Å²) in [6, 6.07) is 14.4. The Labute approximate surface area is 172 Å². The molecule has 1 aromatic carbocycles. The van der Waals surface area contributed by atoms with E-state index in [1.54, 1.807) is 11.3 Å². The van der Waals surface area contributed by atoms with Crippen LogP contribution in [0.4, 0.5) is 5.13 Å². The lowest BCUT2D eigenvalue weighted by Crippen LogP contribution is -2.22. The first-order valence-corrected chi connectivity index (χ1v) is 10.7. The van der Waals surface area contributed by atoms with Crippen LogP contribution in [0.1, 0.15) is 23.8 Å². The minimum Gasteiger partial charge on any atom is -0.370 e. The quantitative estimate of drug-likeness (QED) is 0.297. The Bertz CT molecular complexity index is 933. The van der Waals surface area contributed by atoms with Gasteiger partial charge in [0, 0.05) is 23.7 Å². The van der Waals surface area contributed by atoms with E-state index < -0.39 is 0 Å². The SMILES string of the molecule is CC(=O)NCc1ccc(-c2csc(NC(N)=NCCCc3ccccc3)n2)s1. The molecule has 8 heteroatoms. The number of hydrogen-bond acceptors (Lipinski definition) is 5. The maximum Gasteiger partial charge on any atom is 0.217 e. The molecule has 0 aliphatic rings. The molecule has 2 heterocycles. The number of aryl methyl sites for hydroxylation is 1. The number of guanidine groups is 1. The van der Waals surface area contributed by atoms with Gasteiger partial charge in [-0.05, 0) is 30.5 Å². The average Bonchev–Trinajstić information content (AvgIpc) is 3.34. The molecular formula is C20H23N5OS2. The highest BCUT2D eigenvalue weighted by Crippen LogP contribution is 2.30. The number of thiazole rings is 1. The summed E-state index contributed by atoms with van der Waals surface area (Å²) in [7, 11) is 0. The van der Waals surface area contributed by atoms with Crippen molar-refractivity contribution in [1.29, 1.82) is 0 Å². The second-order valence-electron chi connectivity index (χ2n) is 6.19. The Morgan fingerprint density at radius 1 is 1.21 bits per heavy atom. The van der Waals surface area contributed by atoms with E-state index >= 15 is 0 Å². The van der Waals surface area contributed by atoms with Gasteiger partial charge in [-0.25, -0.2) is 4.98 Å². The van der Waals surface area contributed by atoms with Gasteiger partial charge in [-0.3, -0.25) is 9.79 Å². The van der Waals surface area contributed by atoms with Crippen molar-refractivity contribution < 1.29 is 4.79 Å². The largest absolute Gasteiger partial charge is 0.370 e. The van der Waals surface area contributed by atoms with Crippen LogP contribution in [-0.4, -0.2) is 23.4 Å². The zero-order valence-corrected chi connectivity index (χ0v) is 17.3. The van der Waals surface area contributed by atoms with E-state index in [1.165, 1.54) is 23.8 Å². The van der Waals surface area contributed by atoms with E-state index in [0.29, 0.717) is 19.0 Å². The second-order valence-corrected chi connectivity index (χ2v) is 8.22. The molecule has 4 N–H and O–H groups in total. The monoisotopic (exact) mass is 413 g/mol. The molecule has 0 bridgehead atoms. The fraction of sp³-hybridized carbons (Fsp3) is 0.250. The van der Waals surface area contributed by atoms with Gasteiger partial charge < -0.3 is 16.4 Å². The lowest BCUT2D eigenvalue weighted by molar-refractivity contribution is -0.119. The zero-order chi connectivity index (χ0) is 19.8. The van der Waals surface area contributed by atoms with Crippen LogP contribution in [0.25, 0.3) is 10.6 Å². The number of thiophene rings is 1. The van der Waals surface area contributed by atoms with Crippen LogP contribution in [-0.2, 0) is 17.8 Å². The van der Waals surface area contributed by atoms with Gasteiger partial charge in [0.05, 0.1) is 17.1 Å². The number of anilines is 1. The van der Waals surface area contributed by atoms with Crippen molar-refractivity contribution in [3.8, 4) is 10.6 Å². The van der Waals surface area contributed by atoms with Crippen molar-refractivity contribution in [2.24, 2.45) is 10.7 Å². The fourth-order valence-electron chi connectivity index (χ4n) is 2.54. The molecule has 0 spiro atoms. The van der Waals surface area contributed by atoms with Crippen molar-refractivity contribution in [2.45, 2.75) is 26.3 Å². The third-order valence-corrected chi connectivity index (χ3v) is 5.78. The predicted octanol–water partition coefficient (Wildman–Crippen LogP) is 3.87. The summed E-state index contributed by atoms with van der Waals surface area (Å²) < 4.78 is 0. The molecule has 0 aliphatic carbocycles. The highest BCUT2D eigenvalue weighted by Gasteiger charge is 2.08. The lowest BCUT2D eigenvalue weighted by Gasteiger charge is -2.02. The highest BCUT2D eigenvalue weighted by atomic mass is 32.1. The maximum atomic E-state index is 11.0. The number of aromatic nitrogens is 1. The normalized spacial score (nSPS) is 11.4. The summed E-state index contributed by atoms with van der Waals surface area (Å²) in [5.41, 5.74) is 8.17. The Balaban J connectivity index is 1.49. The van der Waals surface area contributed by atoms with Crippen molar-refractivity contribution in [2.75, 3.05) is 11.9 Å². The fourth-order valence-corrected chi connectivity index (χ4v) is 4.24. The van der Waals surface area contributed by atoms with Gasteiger partial charge in [0.2, 0.25) is 5.91 Å². The Kier molecular flexibility index (Phi) is 7.16. The van der Waals surface area contributed by atoms with E-state index in [-0.39, 0.29) is 5.91 Å². The summed E-state index contributed by atoms with van der Waals surface area (Å²) in [6.45, 7) is 2.72. The van der Waals surface area contributed by atoms with Crippen molar-refractivity contribution in [1.82, 2.24) is 10.3 Å². The van der Waals surface area contributed by atoms with Crippen LogP contribution >= 0.6 is 22.7 Å². The zero-order valence-electron chi connectivity index (χ0n) is 15.6. The number of rotatable bonds is 8. The number of nitrogens with zero attached hydrogens (tertiary/aromatic N) is 2. The van der Waals surface area contributed by atoms with E-state index in [0.717, 1.165) is 33.4 Å². The molecule has 28 heavy (non-hydrogen) atoms. The third-order valence-electron chi connectivity index (χ3n) is 3.91. The van der Waals surface area contributed by atoms with E-state index in [9.17, 15) is 4.79 Å². The number of amides is 1. The Hall–Kier alpha value is -2.71. The van der Waals surface area contributed by atoms with Crippen LogP contribution < -0.4 is 16.4 Å². The summed E-state index contributed by atoms with van der Waals surface area (Å²) >= 11 is 3.11. The Morgan fingerprint density at radius 2 is 2.04 bits per heavy atom. The summed E-state index contributed by atoms with van der Waals surface area (Å²) in [5.74, 6) is 0.347. The van der Waals surface area contributed by atoms with Crippen molar-refractivity contribution in [3.05, 3.63) is 58.3 Å². The van der Waals surface area contributed by atoms with Gasteiger partial charge in [-0.1, -0.05) is 30.3 Å². The van der Waals surface area contributed by atoms with Crippen molar-refractivity contribution >= 4 is 39.7 Å². The molecule has 0 radical (unpaired) electrons. The smallest absolute Gasteiger partial charge is 0.217 e. The van der Waals surface area contributed by atoms with Gasteiger partial charge in [-0.2, -0.15) is 0 Å². The number of carbonyl (C=O) groups excluding carboxylic acids is 1. The molecule has 0 saturated heterocycles. The molecule has 0 aliphatic heterocycles. The maximum absolute atomic E-state index is 11.0. The molecule has 0 atom stereocenters. The summed E-state index contributed by atoms with van der Waals surface area (Å²) in [5, 5.41) is 8.57. The van der Waals surface area contributed by atoms with Gasteiger partial charge in [0.25, 0.3) is 0 Å². The first-order chi connectivity index (χ1) is 13.6. The summed E-state index contributed by atoms with van der Waals surface area (Å²) in [6.07, 6.45) is 1.93. The van der Waals surface area contributed by atoms with E-state index in [4.69, 9.17) is 5.73 Å². The number of nitrogens with one attached hydrogen (secondary N) is 2. The molecular weight excluding hydrogens is 390 g/mol. The average molecular weight is 414 g/mol. The molecule has 0 fully saturated rings. The molecule has 1 amide bonds. The predicted molar refractivity (Wildman–Crippen MR) is 118 cm³/mol.